The van der Waals surface area contributed by atoms with E-state index in [1.165, 1.54) is 30.9 Å². The zero-order chi connectivity index (χ0) is 24.9. The van der Waals surface area contributed by atoms with Gasteiger partial charge in [0.2, 0.25) is 15.9 Å². The maximum Gasteiger partial charge on any atom is 0.287 e. The number of rotatable bonds is 9. The topological polar surface area (TPSA) is 123 Å². The second-order valence-corrected chi connectivity index (χ2v) is 10.4. The molecule has 1 unspecified atom stereocenters. The molecule has 2 aromatic heterocycles. The minimum atomic E-state index is -3.83. The van der Waals surface area contributed by atoms with Crippen LogP contribution in [0.3, 0.4) is 0 Å². The second kappa shape index (κ2) is 11.1. The van der Waals surface area contributed by atoms with E-state index >= 15 is 0 Å². The third-order valence-electron chi connectivity index (χ3n) is 5.02. The van der Waals surface area contributed by atoms with E-state index in [1.54, 1.807) is 37.6 Å². The van der Waals surface area contributed by atoms with E-state index in [9.17, 15) is 18.0 Å². The highest BCUT2D eigenvalue weighted by atomic mass is 35.5. The molecule has 0 fully saturated rings. The van der Waals surface area contributed by atoms with Gasteiger partial charge in [-0.1, -0.05) is 23.7 Å². The van der Waals surface area contributed by atoms with Crippen LogP contribution in [0.15, 0.2) is 63.4 Å². The van der Waals surface area contributed by atoms with E-state index in [-0.39, 0.29) is 22.2 Å². The molecule has 3 rings (SSSR count). The predicted octanol–water partition coefficient (Wildman–Crippen LogP) is 3.04. The quantitative estimate of drug-likeness (QED) is 0.415. The Kier molecular flexibility index (Phi) is 8.47. The SMILES string of the molecule is CSc1cnn(C(C)C(=O)Nc2ccc(C)c(S(=O)(=O)NCCc3ccccn3)c2)c(=O)c1Cl. The van der Waals surface area contributed by atoms with Gasteiger partial charge in [0.25, 0.3) is 5.56 Å². The van der Waals surface area contributed by atoms with Gasteiger partial charge >= 0.3 is 0 Å². The van der Waals surface area contributed by atoms with Crippen LogP contribution >= 0.6 is 23.4 Å². The van der Waals surface area contributed by atoms with Crippen molar-refractivity contribution >= 4 is 45.0 Å². The second-order valence-electron chi connectivity index (χ2n) is 7.39. The number of aromatic nitrogens is 3. The lowest BCUT2D eigenvalue weighted by Crippen LogP contribution is -2.33. The Morgan fingerprint density at radius 2 is 2.03 bits per heavy atom. The van der Waals surface area contributed by atoms with Crippen molar-refractivity contribution in [1.29, 1.82) is 0 Å². The molecular weight excluding hydrogens is 498 g/mol. The molecule has 0 aliphatic rings. The number of anilines is 1. The largest absolute Gasteiger partial charge is 0.324 e. The highest BCUT2D eigenvalue weighted by Gasteiger charge is 2.22. The number of hydrogen-bond donors (Lipinski definition) is 2. The number of nitrogens with one attached hydrogen (secondary N) is 2. The first-order valence-electron chi connectivity index (χ1n) is 10.3. The minimum absolute atomic E-state index is 0.0114. The lowest BCUT2D eigenvalue weighted by molar-refractivity contribution is -0.119. The maximum absolute atomic E-state index is 12.9. The Hall–Kier alpha value is -2.73. The summed E-state index contributed by atoms with van der Waals surface area (Å²) in [6.45, 7) is 3.35. The van der Waals surface area contributed by atoms with E-state index < -0.39 is 27.5 Å². The maximum atomic E-state index is 12.9. The molecule has 34 heavy (non-hydrogen) atoms. The molecule has 0 radical (unpaired) electrons. The summed E-state index contributed by atoms with van der Waals surface area (Å²) in [7, 11) is -3.83. The highest BCUT2D eigenvalue weighted by Crippen LogP contribution is 2.23. The Balaban J connectivity index is 1.74. The van der Waals surface area contributed by atoms with Gasteiger partial charge < -0.3 is 5.32 Å². The molecule has 1 amide bonds. The van der Waals surface area contributed by atoms with E-state index in [0.29, 0.717) is 16.9 Å². The molecule has 1 atom stereocenters. The fourth-order valence-electron chi connectivity index (χ4n) is 3.11. The Morgan fingerprint density at radius 1 is 1.26 bits per heavy atom. The van der Waals surface area contributed by atoms with Gasteiger partial charge in [-0.3, -0.25) is 14.6 Å². The number of thioether (sulfide) groups is 1. The fraction of sp³-hybridized carbons (Fsp3) is 0.273. The summed E-state index contributed by atoms with van der Waals surface area (Å²) in [5.41, 5.74) is 0.980. The summed E-state index contributed by atoms with van der Waals surface area (Å²) in [6, 6.07) is 9.04. The molecule has 0 saturated carbocycles. The van der Waals surface area contributed by atoms with Crippen molar-refractivity contribution < 1.29 is 13.2 Å². The first-order chi connectivity index (χ1) is 16.1. The third kappa shape index (κ3) is 6.03. The number of carbonyl (C=O) groups is 1. The first-order valence-corrected chi connectivity index (χ1v) is 13.3. The standard InChI is InChI=1S/C22H24ClN5O4S2/c1-14-7-8-17(12-19(14)34(31,32)26-11-9-16-6-4-5-10-24-16)27-21(29)15(2)28-22(30)20(23)18(33-3)13-25-28/h4-8,10,12-13,15,26H,9,11H2,1-3H3,(H,27,29). The van der Waals surface area contributed by atoms with Gasteiger partial charge in [0.05, 0.1) is 16.0 Å². The predicted molar refractivity (Wildman–Crippen MR) is 133 cm³/mol. The molecule has 0 aliphatic heterocycles. The number of benzene rings is 1. The summed E-state index contributed by atoms with van der Waals surface area (Å²) < 4.78 is 29.3. The summed E-state index contributed by atoms with van der Waals surface area (Å²) in [4.78, 5) is 30.0. The van der Waals surface area contributed by atoms with E-state index in [4.69, 9.17) is 11.6 Å². The summed E-state index contributed by atoms with van der Waals surface area (Å²) >= 11 is 7.35. The number of hydrogen-bond acceptors (Lipinski definition) is 7. The van der Waals surface area contributed by atoms with Gasteiger partial charge in [-0.2, -0.15) is 5.10 Å². The van der Waals surface area contributed by atoms with Crippen molar-refractivity contribution in [3.8, 4) is 0 Å². The highest BCUT2D eigenvalue weighted by molar-refractivity contribution is 7.98. The van der Waals surface area contributed by atoms with Gasteiger partial charge in [-0.25, -0.2) is 17.8 Å². The number of halogens is 1. The molecule has 0 bridgehead atoms. The van der Waals surface area contributed by atoms with Crippen LogP contribution in [-0.4, -0.2) is 41.9 Å². The molecule has 0 spiro atoms. The van der Waals surface area contributed by atoms with Crippen molar-refractivity contribution in [2.24, 2.45) is 0 Å². The average molecular weight is 522 g/mol. The Labute approximate surface area is 207 Å². The van der Waals surface area contributed by atoms with E-state index in [0.717, 1.165) is 10.4 Å². The van der Waals surface area contributed by atoms with Crippen LogP contribution in [0, 0.1) is 6.92 Å². The van der Waals surface area contributed by atoms with Crippen LogP contribution in [0.5, 0.6) is 0 Å². The van der Waals surface area contributed by atoms with Gasteiger partial charge in [0.15, 0.2) is 0 Å². The number of pyridine rings is 1. The number of nitrogens with zero attached hydrogens (tertiary/aromatic N) is 3. The normalized spacial score (nSPS) is 12.4. The number of amides is 1. The first kappa shape index (κ1) is 25.9. The van der Waals surface area contributed by atoms with Crippen LogP contribution in [-0.2, 0) is 21.2 Å². The Morgan fingerprint density at radius 3 is 2.71 bits per heavy atom. The molecule has 9 nitrogen and oxygen atoms in total. The van der Waals surface area contributed by atoms with Gasteiger partial charge in [-0.15, -0.1) is 11.8 Å². The third-order valence-corrected chi connectivity index (χ3v) is 7.85. The van der Waals surface area contributed by atoms with E-state index in [1.807, 2.05) is 12.1 Å². The summed E-state index contributed by atoms with van der Waals surface area (Å²) in [6.07, 6.45) is 5.27. The van der Waals surface area contributed by atoms with Gasteiger partial charge in [-0.05, 0) is 49.9 Å². The van der Waals surface area contributed by atoms with Gasteiger partial charge in [0, 0.05) is 30.5 Å². The smallest absolute Gasteiger partial charge is 0.287 e. The fourth-order valence-corrected chi connectivity index (χ4v) is 5.20. The number of carbonyl (C=O) groups excluding carboxylic acids is 1. The van der Waals surface area contributed by atoms with Crippen LogP contribution in [0.2, 0.25) is 5.02 Å². The molecule has 2 heterocycles. The van der Waals surface area contributed by atoms with Crippen LogP contribution < -0.4 is 15.6 Å². The molecule has 0 aliphatic carbocycles. The van der Waals surface area contributed by atoms with Crippen molar-refractivity contribution in [3.05, 3.63) is 75.4 Å². The zero-order valence-corrected chi connectivity index (χ0v) is 21.2. The van der Waals surface area contributed by atoms with Gasteiger partial charge in [0.1, 0.15) is 11.1 Å². The summed E-state index contributed by atoms with van der Waals surface area (Å²) in [5.74, 6) is -0.544. The number of sulfonamides is 1. The molecule has 1 aromatic carbocycles. The molecule has 180 valence electrons. The monoisotopic (exact) mass is 521 g/mol. The molecular formula is C22H24ClN5O4S2. The average Bonchev–Trinajstić information content (AvgIpc) is 2.82. The van der Waals surface area contributed by atoms with Crippen molar-refractivity contribution in [3.63, 3.8) is 0 Å². The van der Waals surface area contributed by atoms with Crippen molar-refractivity contribution in [2.45, 2.75) is 36.1 Å². The van der Waals surface area contributed by atoms with E-state index in [2.05, 4.69) is 20.1 Å². The lowest BCUT2D eigenvalue weighted by atomic mass is 10.2. The minimum Gasteiger partial charge on any atom is -0.324 e. The zero-order valence-electron chi connectivity index (χ0n) is 18.8. The summed E-state index contributed by atoms with van der Waals surface area (Å²) in [5, 5.41) is 6.67. The molecule has 12 heteroatoms. The van der Waals surface area contributed by atoms with Crippen molar-refractivity contribution in [2.75, 3.05) is 18.1 Å². The van der Waals surface area contributed by atoms with Crippen LogP contribution in [0.1, 0.15) is 24.2 Å². The van der Waals surface area contributed by atoms with Crippen LogP contribution in [0.4, 0.5) is 5.69 Å². The molecule has 3 aromatic rings. The lowest BCUT2D eigenvalue weighted by Gasteiger charge is -2.16. The van der Waals surface area contributed by atoms with Crippen LogP contribution in [0.25, 0.3) is 0 Å². The molecule has 2 N–H and O–H groups in total. The molecule has 0 saturated heterocycles. The van der Waals surface area contributed by atoms with Crippen molar-refractivity contribution in [1.82, 2.24) is 19.5 Å². The number of aryl methyl sites for hydroxylation is 1. The Bertz CT molecular complexity index is 1350.